The van der Waals surface area contributed by atoms with Gasteiger partial charge in [0.15, 0.2) is 0 Å². The number of halogens is 3. The van der Waals surface area contributed by atoms with Crippen LogP contribution in [0, 0.1) is 0 Å². The Morgan fingerprint density at radius 3 is 2.24 bits per heavy atom. The second-order valence-corrected chi connectivity index (χ2v) is 5.93. The number of hydrogen-bond acceptors (Lipinski definition) is 4. The molecule has 9 heteroatoms. The largest absolute Gasteiger partial charge is 0.416 e. The van der Waals surface area contributed by atoms with Gasteiger partial charge in [-0.05, 0) is 24.3 Å². The first-order valence-corrected chi connectivity index (χ1v) is 7.62. The van der Waals surface area contributed by atoms with Gasteiger partial charge >= 0.3 is 6.18 Å². The number of benzene rings is 1. The van der Waals surface area contributed by atoms with Gasteiger partial charge in [-0.25, -0.2) is 13.1 Å². The molecule has 0 radical (unpaired) electrons. The Bertz CT molecular complexity index is 530. The standard InChI is InChI=1S/C12H17F3N2O3S/c1-20-9-8-16-6-7-17-21(18,19)11-4-2-10(3-5-11)12(13,14)15/h2-5,16-17H,6-9H2,1H3. The number of nitrogens with one attached hydrogen (secondary N) is 2. The Balaban J connectivity index is 2.54. The first-order valence-electron chi connectivity index (χ1n) is 6.14. The van der Waals surface area contributed by atoms with Gasteiger partial charge in [0.2, 0.25) is 10.0 Å². The van der Waals surface area contributed by atoms with Crippen molar-refractivity contribution in [2.45, 2.75) is 11.1 Å². The van der Waals surface area contributed by atoms with E-state index in [0.29, 0.717) is 19.7 Å². The van der Waals surface area contributed by atoms with Crippen molar-refractivity contribution < 1.29 is 26.3 Å². The fourth-order valence-electron chi connectivity index (χ4n) is 1.48. The number of methoxy groups -OCH3 is 1. The maximum Gasteiger partial charge on any atom is 0.416 e. The van der Waals surface area contributed by atoms with Crippen molar-refractivity contribution in [3.05, 3.63) is 29.8 Å². The fraction of sp³-hybridized carbons (Fsp3) is 0.500. The average Bonchev–Trinajstić information content (AvgIpc) is 2.42. The molecule has 2 N–H and O–H groups in total. The molecule has 1 aromatic carbocycles. The van der Waals surface area contributed by atoms with E-state index in [4.69, 9.17) is 4.74 Å². The Morgan fingerprint density at radius 1 is 1.10 bits per heavy atom. The summed E-state index contributed by atoms with van der Waals surface area (Å²) in [6, 6.07) is 3.35. The van der Waals surface area contributed by atoms with Gasteiger partial charge in [-0.2, -0.15) is 13.2 Å². The van der Waals surface area contributed by atoms with E-state index in [9.17, 15) is 21.6 Å². The van der Waals surface area contributed by atoms with Crippen LogP contribution in [0.1, 0.15) is 5.56 Å². The maximum atomic E-state index is 12.4. The highest BCUT2D eigenvalue weighted by Crippen LogP contribution is 2.29. The van der Waals surface area contributed by atoms with E-state index in [-0.39, 0.29) is 11.4 Å². The van der Waals surface area contributed by atoms with Crippen LogP contribution in [-0.2, 0) is 20.9 Å². The molecule has 0 saturated carbocycles. The van der Waals surface area contributed by atoms with E-state index in [1.54, 1.807) is 7.11 Å². The molecule has 0 aromatic heterocycles. The Kier molecular flexibility index (Phi) is 6.59. The van der Waals surface area contributed by atoms with Crippen LogP contribution in [0.4, 0.5) is 13.2 Å². The first kappa shape index (κ1) is 17.9. The van der Waals surface area contributed by atoms with E-state index >= 15 is 0 Å². The van der Waals surface area contributed by atoms with Gasteiger partial charge in [-0.3, -0.25) is 0 Å². The minimum atomic E-state index is -4.49. The van der Waals surface area contributed by atoms with Crippen LogP contribution >= 0.6 is 0 Å². The third kappa shape index (κ3) is 6.00. The lowest BCUT2D eigenvalue weighted by Gasteiger charge is -2.09. The number of rotatable bonds is 8. The van der Waals surface area contributed by atoms with Crippen LogP contribution in [0.5, 0.6) is 0 Å². The molecule has 0 amide bonds. The van der Waals surface area contributed by atoms with Gasteiger partial charge < -0.3 is 10.1 Å². The first-order chi connectivity index (χ1) is 9.77. The third-order valence-electron chi connectivity index (χ3n) is 2.57. The molecule has 0 aliphatic carbocycles. The summed E-state index contributed by atoms with van der Waals surface area (Å²) in [5.74, 6) is 0. The monoisotopic (exact) mass is 326 g/mol. The zero-order valence-electron chi connectivity index (χ0n) is 11.4. The van der Waals surface area contributed by atoms with E-state index < -0.39 is 21.8 Å². The van der Waals surface area contributed by atoms with Gasteiger partial charge in [0, 0.05) is 26.7 Å². The topological polar surface area (TPSA) is 67.4 Å². The SMILES string of the molecule is COCCNCCNS(=O)(=O)c1ccc(C(F)(F)F)cc1. The minimum absolute atomic E-state index is 0.132. The Hall–Kier alpha value is -1.16. The van der Waals surface area contributed by atoms with Crippen LogP contribution in [0.3, 0.4) is 0 Å². The fourth-order valence-corrected chi connectivity index (χ4v) is 2.51. The smallest absolute Gasteiger partial charge is 0.383 e. The second-order valence-electron chi connectivity index (χ2n) is 4.16. The predicted octanol–water partition coefficient (Wildman–Crippen LogP) is 1.22. The van der Waals surface area contributed by atoms with Gasteiger partial charge in [0.25, 0.3) is 0 Å². The van der Waals surface area contributed by atoms with Gasteiger partial charge in [0.05, 0.1) is 17.1 Å². The molecule has 0 aliphatic heterocycles. The number of hydrogen-bond donors (Lipinski definition) is 2. The van der Waals surface area contributed by atoms with Crippen molar-refractivity contribution >= 4 is 10.0 Å². The van der Waals surface area contributed by atoms with Gasteiger partial charge in [-0.1, -0.05) is 0 Å². The highest BCUT2D eigenvalue weighted by molar-refractivity contribution is 7.89. The van der Waals surface area contributed by atoms with E-state index in [1.165, 1.54) is 0 Å². The molecule has 0 bridgehead atoms. The van der Waals surface area contributed by atoms with E-state index in [0.717, 1.165) is 24.3 Å². The van der Waals surface area contributed by atoms with Crippen LogP contribution in [-0.4, -0.2) is 41.8 Å². The normalized spacial score (nSPS) is 12.6. The predicted molar refractivity (Wildman–Crippen MR) is 71.4 cm³/mol. The molecular formula is C12H17F3N2O3S. The van der Waals surface area contributed by atoms with Crippen LogP contribution in [0.15, 0.2) is 29.2 Å². The zero-order chi connectivity index (χ0) is 15.9. The lowest BCUT2D eigenvalue weighted by atomic mass is 10.2. The molecule has 21 heavy (non-hydrogen) atoms. The molecule has 0 fully saturated rings. The molecule has 1 rings (SSSR count). The Morgan fingerprint density at radius 2 is 1.71 bits per heavy atom. The molecule has 0 saturated heterocycles. The van der Waals surface area contributed by atoms with Gasteiger partial charge in [0.1, 0.15) is 0 Å². The summed E-state index contributed by atoms with van der Waals surface area (Å²) in [5, 5.41) is 2.94. The number of alkyl halides is 3. The van der Waals surface area contributed by atoms with Crippen molar-refractivity contribution in [1.82, 2.24) is 10.0 Å². The van der Waals surface area contributed by atoms with E-state index in [2.05, 4.69) is 10.0 Å². The molecule has 0 atom stereocenters. The van der Waals surface area contributed by atoms with Gasteiger partial charge in [-0.15, -0.1) is 0 Å². The molecular weight excluding hydrogens is 309 g/mol. The lowest BCUT2D eigenvalue weighted by Crippen LogP contribution is -2.33. The van der Waals surface area contributed by atoms with Crippen molar-refractivity contribution in [3.8, 4) is 0 Å². The van der Waals surface area contributed by atoms with Crippen LogP contribution < -0.4 is 10.0 Å². The summed E-state index contributed by atoms with van der Waals surface area (Å²) < 4.78 is 67.9. The summed E-state index contributed by atoms with van der Waals surface area (Å²) in [7, 11) is -2.25. The second kappa shape index (κ2) is 7.74. The molecule has 120 valence electrons. The quantitative estimate of drug-likeness (QED) is 0.705. The average molecular weight is 326 g/mol. The lowest BCUT2D eigenvalue weighted by molar-refractivity contribution is -0.137. The summed E-state index contributed by atoms with van der Waals surface area (Å²) in [5.41, 5.74) is -0.886. The van der Waals surface area contributed by atoms with Crippen LogP contribution in [0.2, 0.25) is 0 Å². The number of sulfonamides is 1. The number of ether oxygens (including phenoxy) is 1. The Labute approximate surface area is 121 Å². The maximum absolute atomic E-state index is 12.4. The third-order valence-corrected chi connectivity index (χ3v) is 4.05. The highest BCUT2D eigenvalue weighted by atomic mass is 32.2. The molecule has 0 heterocycles. The molecule has 5 nitrogen and oxygen atoms in total. The van der Waals surface area contributed by atoms with Crippen LogP contribution in [0.25, 0.3) is 0 Å². The van der Waals surface area contributed by atoms with Crippen molar-refractivity contribution in [3.63, 3.8) is 0 Å². The molecule has 0 spiro atoms. The molecule has 1 aromatic rings. The summed E-state index contributed by atoms with van der Waals surface area (Å²) in [4.78, 5) is -0.201. The van der Waals surface area contributed by atoms with Crippen molar-refractivity contribution in [1.29, 1.82) is 0 Å². The minimum Gasteiger partial charge on any atom is -0.383 e. The summed E-state index contributed by atoms with van der Waals surface area (Å²) >= 11 is 0. The van der Waals surface area contributed by atoms with E-state index in [1.807, 2.05) is 0 Å². The summed E-state index contributed by atoms with van der Waals surface area (Å²) in [6.45, 7) is 1.61. The zero-order valence-corrected chi connectivity index (χ0v) is 12.2. The summed E-state index contributed by atoms with van der Waals surface area (Å²) in [6.07, 6.45) is -4.49. The van der Waals surface area contributed by atoms with Crippen molar-refractivity contribution in [2.75, 3.05) is 33.4 Å². The highest BCUT2D eigenvalue weighted by Gasteiger charge is 2.30. The van der Waals surface area contributed by atoms with Crippen molar-refractivity contribution in [2.24, 2.45) is 0 Å². The molecule has 0 aliphatic rings. The molecule has 0 unspecified atom stereocenters.